The number of thiol groups is 1. The van der Waals surface area contributed by atoms with Crippen LogP contribution in [0.3, 0.4) is 0 Å². The van der Waals surface area contributed by atoms with Gasteiger partial charge in [-0.1, -0.05) is 12.6 Å². The molecule has 3 N–H and O–H groups in total. The second kappa shape index (κ2) is 3.74. The van der Waals surface area contributed by atoms with Crippen molar-refractivity contribution in [1.82, 2.24) is 5.32 Å². The van der Waals surface area contributed by atoms with Crippen LogP contribution in [-0.2, 0) is 0 Å². The molecule has 0 aromatic carbocycles. The molecule has 0 saturated heterocycles. The summed E-state index contributed by atoms with van der Waals surface area (Å²) in [6.45, 7) is 2.30. The smallest absolute Gasteiger partial charge is 0.276 e. The van der Waals surface area contributed by atoms with Crippen molar-refractivity contribution in [3.05, 3.63) is 0 Å². The number of hydrogen-bond donors (Lipinski definition) is 3. The van der Waals surface area contributed by atoms with Crippen LogP contribution >= 0.6 is 12.6 Å². The van der Waals surface area contributed by atoms with E-state index in [9.17, 15) is 4.79 Å². The van der Waals surface area contributed by atoms with Crippen LogP contribution in [0.2, 0.25) is 0 Å². The molecular weight excluding hydrogens is 124 g/mol. The molecule has 8 heavy (non-hydrogen) atoms. The molecule has 1 atom stereocenters. The minimum absolute atomic E-state index is 0.00565. The van der Waals surface area contributed by atoms with Gasteiger partial charge in [0.15, 0.2) is 0 Å². The number of nitrogens with two attached hydrogens (primary N) is 1. The van der Waals surface area contributed by atoms with Crippen molar-refractivity contribution < 1.29 is 4.79 Å². The molecule has 0 aromatic heterocycles. The molecule has 0 bridgehead atoms. The Kier molecular flexibility index (Phi) is 3.64. The third kappa shape index (κ3) is 5.78. The highest BCUT2D eigenvalue weighted by atomic mass is 32.1. The summed E-state index contributed by atoms with van der Waals surface area (Å²) >= 11 is 3.47. The van der Waals surface area contributed by atoms with Crippen molar-refractivity contribution in [2.45, 2.75) is 13.0 Å². The Labute approximate surface area is 54.0 Å². The van der Waals surface area contributed by atoms with Crippen LogP contribution in [0.4, 0.5) is 4.79 Å². The first kappa shape index (κ1) is 7.78. The minimum atomic E-state index is -0.331. The zero-order chi connectivity index (χ0) is 6.57. The maximum atomic E-state index is 10.0. The van der Waals surface area contributed by atoms with E-state index in [2.05, 4.69) is 17.9 Å². The standard InChI is InChI=1S/C4H10N2OS/c1-3(5)2-6-4(7)8/h3H,2,5H2,1H3,(H2,6,7,8). The zero-order valence-corrected chi connectivity index (χ0v) is 5.61. The second-order valence-electron chi connectivity index (χ2n) is 1.66. The number of carbonyl (C=O) groups is 1. The Hall–Kier alpha value is -0.220. The van der Waals surface area contributed by atoms with Crippen LogP contribution in [0.15, 0.2) is 0 Å². The van der Waals surface area contributed by atoms with Gasteiger partial charge in [-0.25, -0.2) is 0 Å². The first-order valence-electron chi connectivity index (χ1n) is 2.35. The Bertz CT molecular complexity index is 84.1. The van der Waals surface area contributed by atoms with Crippen LogP contribution in [0, 0.1) is 0 Å². The molecular formula is C4H10N2OS. The Morgan fingerprint density at radius 2 is 2.50 bits per heavy atom. The summed E-state index contributed by atoms with van der Waals surface area (Å²) in [5.74, 6) is 0. The first-order chi connectivity index (χ1) is 3.63. The van der Waals surface area contributed by atoms with Crippen LogP contribution < -0.4 is 11.1 Å². The van der Waals surface area contributed by atoms with Crippen LogP contribution in [0.25, 0.3) is 0 Å². The molecule has 0 aromatic rings. The summed E-state index contributed by atoms with van der Waals surface area (Å²) in [6, 6.07) is 0.00565. The van der Waals surface area contributed by atoms with Gasteiger partial charge in [0.1, 0.15) is 0 Å². The number of nitrogens with one attached hydrogen (secondary N) is 1. The molecule has 0 saturated carbocycles. The molecule has 0 fully saturated rings. The SMILES string of the molecule is CC(N)CNC(=O)S. The van der Waals surface area contributed by atoms with E-state index in [1.165, 1.54) is 0 Å². The maximum absolute atomic E-state index is 10.0. The van der Waals surface area contributed by atoms with Crippen molar-refractivity contribution in [3.8, 4) is 0 Å². The lowest BCUT2D eigenvalue weighted by Crippen LogP contribution is -2.32. The third-order valence-corrected chi connectivity index (χ3v) is 0.733. The average molecular weight is 134 g/mol. The lowest BCUT2D eigenvalue weighted by atomic mass is 10.4. The molecule has 0 rings (SSSR count). The van der Waals surface area contributed by atoms with E-state index >= 15 is 0 Å². The van der Waals surface area contributed by atoms with Crippen molar-refractivity contribution in [2.24, 2.45) is 5.73 Å². The highest BCUT2D eigenvalue weighted by molar-refractivity contribution is 7.96. The van der Waals surface area contributed by atoms with E-state index in [0.717, 1.165) is 0 Å². The maximum Gasteiger partial charge on any atom is 0.276 e. The van der Waals surface area contributed by atoms with Crippen molar-refractivity contribution in [1.29, 1.82) is 0 Å². The van der Waals surface area contributed by atoms with Gasteiger partial charge in [-0.05, 0) is 6.92 Å². The van der Waals surface area contributed by atoms with Gasteiger partial charge in [0.05, 0.1) is 0 Å². The van der Waals surface area contributed by atoms with E-state index < -0.39 is 0 Å². The van der Waals surface area contributed by atoms with E-state index in [4.69, 9.17) is 5.73 Å². The molecule has 4 heteroatoms. The third-order valence-electron chi connectivity index (χ3n) is 0.575. The molecule has 48 valence electrons. The lowest BCUT2D eigenvalue weighted by Gasteiger charge is -2.02. The number of rotatable bonds is 2. The van der Waals surface area contributed by atoms with Crippen LogP contribution in [-0.4, -0.2) is 17.8 Å². The molecule has 1 amide bonds. The van der Waals surface area contributed by atoms with Gasteiger partial charge >= 0.3 is 0 Å². The molecule has 3 nitrogen and oxygen atoms in total. The molecule has 0 heterocycles. The summed E-state index contributed by atoms with van der Waals surface area (Å²) < 4.78 is 0. The lowest BCUT2D eigenvalue weighted by molar-refractivity contribution is 0.260. The van der Waals surface area contributed by atoms with Gasteiger partial charge < -0.3 is 11.1 Å². The topological polar surface area (TPSA) is 55.1 Å². The van der Waals surface area contributed by atoms with Gasteiger partial charge in [0, 0.05) is 12.6 Å². The van der Waals surface area contributed by atoms with Gasteiger partial charge in [-0.2, -0.15) is 0 Å². The van der Waals surface area contributed by atoms with Crippen molar-refractivity contribution >= 4 is 17.9 Å². The fourth-order valence-corrected chi connectivity index (χ4v) is 0.340. The summed E-state index contributed by atoms with van der Waals surface area (Å²) in [5, 5.41) is 2.11. The summed E-state index contributed by atoms with van der Waals surface area (Å²) in [4.78, 5) is 10.0. The summed E-state index contributed by atoms with van der Waals surface area (Å²) in [6.07, 6.45) is 0. The predicted octanol–water partition coefficient (Wildman–Crippen LogP) is -0.0270. The fourth-order valence-electron chi connectivity index (χ4n) is 0.248. The Balaban J connectivity index is 3.05. The Morgan fingerprint density at radius 3 is 2.62 bits per heavy atom. The summed E-state index contributed by atoms with van der Waals surface area (Å²) in [7, 11) is 0. The average Bonchev–Trinajstić information content (AvgIpc) is 1.61. The van der Waals surface area contributed by atoms with E-state index in [0.29, 0.717) is 6.54 Å². The normalized spacial score (nSPS) is 12.9. The van der Waals surface area contributed by atoms with E-state index in [1.54, 1.807) is 0 Å². The molecule has 0 aliphatic carbocycles. The molecule has 1 unspecified atom stereocenters. The van der Waals surface area contributed by atoms with Gasteiger partial charge in [0.25, 0.3) is 5.24 Å². The van der Waals surface area contributed by atoms with E-state index in [1.807, 2.05) is 6.92 Å². The number of carbonyl (C=O) groups excluding carboxylic acids is 1. The molecule has 0 aliphatic rings. The summed E-state index contributed by atoms with van der Waals surface area (Å²) in [5.41, 5.74) is 5.29. The minimum Gasteiger partial charge on any atom is -0.346 e. The first-order valence-corrected chi connectivity index (χ1v) is 2.80. The van der Waals surface area contributed by atoms with Crippen molar-refractivity contribution in [3.63, 3.8) is 0 Å². The zero-order valence-electron chi connectivity index (χ0n) is 4.72. The largest absolute Gasteiger partial charge is 0.346 e. The van der Waals surface area contributed by atoms with E-state index in [-0.39, 0.29) is 11.3 Å². The quantitative estimate of drug-likeness (QED) is 0.465. The predicted molar refractivity (Wildman–Crippen MR) is 36.0 cm³/mol. The number of amides is 1. The molecule has 0 radical (unpaired) electrons. The fraction of sp³-hybridized carbons (Fsp3) is 0.750. The van der Waals surface area contributed by atoms with Crippen molar-refractivity contribution in [2.75, 3.05) is 6.54 Å². The van der Waals surface area contributed by atoms with Gasteiger partial charge in [0.2, 0.25) is 0 Å². The second-order valence-corrected chi connectivity index (χ2v) is 2.07. The van der Waals surface area contributed by atoms with Gasteiger partial charge in [-0.3, -0.25) is 4.79 Å². The van der Waals surface area contributed by atoms with Crippen LogP contribution in [0.1, 0.15) is 6.92 Å². The molecule has 0 aliphatic heterocycles. The Morgan fingerprint density at radius 1 is 2.00 bits per heavy atom. The highest BCUT2D eigenvalue weighted by Crippen LogP contribution is 1.75. The highest BCUT2D eigenvalue weighted by Gasteiger charge is 1.93. The van der Waals surface area contributed by atoms with Gasteiger partial charge in [-0.15, -0.1) is 0 Å². The van der Waals surface area contributed by atoms with Crippen LogP contribution in [0.5, 0.6) is 0 Å². The molecule has 0 spiro atoms. The number of hydrogen-bond acceptors (Lipinski definition) is 2. The monoisotopic (exact) mass is 134 g/mol.